The van der Waals surface area contributed by atoms with Crippen LogP contribution in [-0.4, -0.2) is 40.5 Å². The third kappa shape index (κ3) is 4.54. The number of sulfone groups is 1. The van der Waals surface area contributed by atoms with Gasteiger partial charge in [-0.1, -0.05) is 36.4 Å². The number of hydrogen-bond donors (Lipinski definition) is 0. The Morgan fingerprint density at radius 2 is 1.46 bits per heavy atom. The Morgan fingerprint density at radius 3 is 2.03 bits per heavy atom. The molecule has 8 nitrogen and oxygen atoms in total. The molecule has 0 atom stereocenters. The van der Waals surface area contributed by atoms with Crippen molar-refractivity contribution in [2.24, 2.45) is 0 Å². The predicted octanol–water partition coefficient (Wildman–Crippen LogP) is 4.04. The van der Waals surface area contributed by atoms with Gasteiger partial charge in [-0.2, -0.15) is 0 Å². The fourth-order valence-electron chi connectivity index (χ4n) is 3.85. The summed E-state index contributed by atoms with van der Waals surface area (Å²) in [6, 6.07) is 19.8. The molecule has 35 heavy (non-hydrogen) atoms. The minimum Gasteiger partial charge on any atom is -0.497 e. The third-order valence-electron chi connectivity index (χ3n) is 5.42. The number of methoxy groups -OCH3 is 1. The maximum Gasteiger partial charge on any atom is 0.340 e. The lowest BCUT2D eigenvalue weighted by atomic mass is 10.1. The Balaban J connectivity index is 2.10. The Labute approximate surface area is 203 Å². The Kier molecular flexibility index (Phi) is 6.68. The second-order valence-electron chi connectivity index (χ2n) is 7.58. The van der Waals surface area contributed by atoms with E-state index >= 15 is 0 Å². The molecule has 0 radical (unpaired) electrons. The summed E-state index contributed by atoms with van der Waals surface area (Å²) in [5.74, 6) is -1.20. The summed E-state index contributed by atoms with van der Waals surface area (Å²) in [7, 11) is -6.90. The number of hydrogen-bond acceptors (Lipinski definition) is 7. The molecule has 0 saturated heterocycles. The lowest BCUT2D eigenvalue weighted by Gasteiger charge is -2.14. The molecule has 0 unspecified atom stereocenters. The van der Waals surface area contributed by atoms with Crippen molar-refractivity contribution in [3.8, 4) is 5.75 Å². The summed E-state index contributed by atoms with van der Waals surface area (Å²) in [4.78, 5) is 13.1. The molecule has 0 bridgehead atoms. The van der Waals surface area contributed by atoms with E-state index in [9.17, 15) is 21.6 Å². The Hall–Kier alpha value is -3.63. The molecule has 10 heteroatoms. The summed E-state index contributed by atoms with van der Waals surface area (Å²) in [6.07, 6.45) is 0. The van der Waals surface area contributed by atoms with Crippen molar-refractivity contribution < 1.29 is 31.1 Å². The maximum absolute atomic E-state index is 13.8. The molecule has 0 aliphatic carbocycles. The van der Waals surface area contributed by atoms with Gasteiger partial charge in [-0.05, 0) is 49.4 Å². The van der Waals surface area contributed by atoms with Crippen LogP contribution >= 0.6 is 0 Å². The lowest BCUT2D eigenvalue weighted by molar-refractivity contribution is 0.0527. The molecular formula is C25H23NO7S2. The molecule has 0 saturated carbocycles. The number of carbonyl (C=O) groups is 1. The van der Waals surface area contributed by atoms with Crippen molar-refractivity contribution in [3.05, 3.63) is 90.1 Å². The van der Waals surface area contributed by atoms with Gasteiger partial charge in [0.25, 0.3) is 10.0 Å². The molecule has 0 amide bonds. The fourth-order valence-corrected chi connectivity index (χ4v) is 6.88. The SMILES string of the molecule is CCOC(=O)c1c(CS(=O)(=O)c2ccccc2)n(S(=O)(=O)c2ccccc2)c2ccc(OC)cc12. The van der Waals surface area contributed by atoms with Crippen LogP contribution in [-0.2, 0) is 30.4 Å². The van der Waals surface area contributed by atoms with E-state index in [-0.39, 0.29) is 38.6 Å². The first kappa shape index (κ1) is 24.5. The first-order valence-corrected chi connectivity index (χ1v) is 13.8. The van der Waals surface area contributed by atoms with Gasteiger partial charge in [0.1, 0.15) is 5.75 Å². The average Bonchev–Trinajstić information content (AvgIpc) is 3.18. The molecule has 4 aromatic rings. The first-order chi connectivity index (χ1) is 16.7. The molecule has 0 aliphatic rings. The smallest absolute Gasteiger partial charge is 0.340 e. The number of benzene rings is 3. The van der Waals surface area contributed by atoms with Gasteiger partial charge < -0.3 is 9.47 Å². The molecule has 4 rings (SSSR count). The van der Waals surface area contributed by atoms with E-state index in [2.05, 4.69) is 0 Å². The van der Waals surface area contributed by atoms with Crippen LogP contribution in [0.15, 0.2) is 88.7 Å². The topological polar surface area (TPSA) is 109 Å². The van der Waals surface area contributed by atoms with Gasteiger partial charge in [0.2, 0.25) is 0 Å². The molecule has 1 aromatic heterocycles. The fraction of sp³-hybridized carbons (Fsp3) is 0.160. The number of esters is 1. The largest absolute Gasteiger partial charge is 0.497 e. The van der Waals surface area contributed by atoms with Gasteiger partial charge in [-0.3, -0.25) is 0 Å². The molecule has 1 heterocycles. The molecular weight excluding hydrogens is 490 g/mol. The standard InChI is InChI=1S/C25H23NO7S2/c1-3-33-25(27)24-21-16-18(32-2)14-15-22(21)26(35(30,31)20-12-8-5-9-13-20)23(24)17-34(28,29)19-10-6-4-7-11-19/h4-16H,3,17H2,1-2H3. The van der Waals surface area contributed by atoms with Gasteiger partial charge in [-0.15, -0.1) is 0 Å². The Morgan fingerprint density at radius 1 is 0.857 bits per heavy atom. The zero-order valence-corrected chi connectivity index (χ0v) is 20.7. The van der Waals surface area contributed by atoms with Gasteiger partial charge in [0, 0.05) is 5.39 Å². The number of ether oxygens (including phenoxy) is 2. The van der Waals surface area contributed by atoms with Crippen LogP contribution in [0.2, 0.25) is 0 Å². The number of fused-ring (bicyclic) bond motifs is 1. The van der Waals surface area contributed by atoms with Crippen LogP contribution in [0.25, 0.3) is 10.9 Å². The van der Waals surface area contributed by atoms with E-state index in [1.165, 1.54) is 43.5 Å². The molecule has 3 aromatic carbocycles. The quantitative estimate of drug-likeness (QED) is 0.327. The third-order valence-corrected chi connectivity index (χ3v) is 8.83. The number of nitrogens with zero attached hydrogens (tertiary/aromatic N) is 1. The highest BCUT2D eigenvalue weighted by atomic mass is 32.2. The van der Waals surface area contributed by atoms with Gasteiger partial charge in [0.05, 0.1) is 46.0 Å². The van der Waals surface area contributed by atoms with Crippen LogP contribution in [0, 0.1) is 0 Å². The van der Waals surface area contributed by atoms with E-state index < -0.39 is 31.6 Å². The Bertz CT molecular complexity index is 1590. The summed E-state index contributed by atoms with van der Waals surface area (Å²) in [5.41, 5.74) is -0.213. The molecule has 0 spiro atoms. The zero-order valence-electron chi connectivity index (χ0n) is 19.0. The predicted molar refractivity (Wildman–Crippen MR) is 131 cm³/mol. The van der Waals surface area contributed by atoms with Crippen molar-refractivity contribution in [2.45, 2.75) is 22.5 Å². The average molecular weight is 514 g/mol. The van der Waals surface area contributed by atoms with Crippen molar-refractivity contribution in [1.82, 2.24) is 3.97 Å². The van der Waals surface area contributed by atoms with E-state index in [0.29, 0.717) is 5.75 Å². The van der Waals surface area contributed by atoms with E-state index in [1.54, 1.807) is 49.4 Å². The van der Waals surface area contributed by atoms with E-state index in [4.69, 9.17) is 9.47 Å². The van der Waals surface area contributed by atoms with Gasteiger partial charge in [-0.25, -0.2) is 25.6 Å². The normalized spacial score (nSPS) is 11.9. The maximum atomic E-state index is 13.8. The highest BCUT2D eigenvalue weighted by molar-refractivity contribution is 7.91. The van der Waals surface area contributed by atoms with Crippen molar-refractivity contribution in [2.75, 3.05) is 13.7 Å². The van der Waals surface area contributed by atoms with Gasteiger partial charge in [0.15, 0.2) is 9.84 Å². The molecule has 0 fully saturated rings. The number of aromatic nitrogens is 1. The molecule has 0 aliphatic heterocycles. The highest BCUT2D eigenvalue weighted by Crippen LogP contribution is 2.35. The monoisotopic (exact) mass is 513 g/mol. The highest BCUT2D eigenvalue weighted by Gasteiger charge is 2.33. The minimum absolute atomic E-state index is 0.00121. The zero-order chi connectivity index (χ0) is 25.2. The summed E-state index contributed by atoms with van der Waals surface area (Å²) in [5, 5.41) is 0.209. The summed E-state index contributed by atoms with van der Waals surface area (Å²) >= 11 is 0. The second-order valence-corrected chi connectivity index (χ2v) is 11.4. The van der Waals surface area contributed by atoms with Crippen LogP contribution in [0.3, 0.4) is 0 Å². The lowest BCUT2D eigenvalue weighted by Crippen LogP contribution is -2.20. The van der Waals surface area contributed by atoms with E-state index in [0.717, 1.165) is 3.97 Å². The van der Waals surface area contributed by atoms with Gasteiger partial charge >= 0.3 is 5.97 Å². The van der Waals surface area contributed by atoms with Crippen LogP contribution < -0.4 is 4.74 Å². The van der Waals surface area contributed by atoms with Crippen LogP contribution in [0.1, 0.15) is 23.0 Å². The molecule has 182 valence electrons. The summed E-state index contributed by atoms with van der Waals surface area (Å²) in [6.45, 7) is 1.63. The van der Waals surface area contributed by atoms with Crippen molar-refractivity contribution in [3.63, 3.8) is 0 Å². The summed E-state index contributed by atoms with van der Waals surface area (Å²) < 4.78 is 65.8. The second kappa shape index (κ2) is 9.55. The first-order valence-electron chi connectivity index (χ1n) is 10.7. The number of rotatable bonds is 8. The van der Waals surface area contributed by atoms with Crippen molar-refractivity contribution >= 4 is 36.7 Å². The van der Waals surface area contributed by atoms with Crippen LogP contribution in [0.5, 0.6) is 5.75 Å². The number of carbonyl (C=O) groups excluding carboxylic acids is 1. The van der Waals surface area contributed by atoms with Crippen LogP contribution in [0.4, 0.5) is 0 Å². The molecule has 0 N–H and O–H groups in total. The van der Waals surface area contributed by atoms with Crippen molar-refractivity contribution in [1.29, 1.82) is 0 Å². The van der Waals surface area contributed by atoms with E-state index in [1.807, 2.05) is 0 Å². The minimum atomic E-state index is -4.29.